The first-order chi connectivity index (χ1) is 15.9. The summed E-state index contributed by atoms with van der Waals surface area (Å²) in [6, 6.07) is 9.58. The van der Waals surface area contributed by atoms with Crippen LogP contribution in [0.5, 0.6) is 0 Å². The van der Waals surface area contributed by atoms with Crippen LogP contribution in [0.4, 0.5) is 5.69 Å². The molecular formula is C24H34ClN3O4S. The molecule has 1 fully saturated rings. The monoisotopic (exact) mass is 495 g/mol. The third-order valence-corrected chi connectivity index (χ3v) is 6.76. The van der Waals surface area contributed by atoms with Crippen molar-refractivity contribution in [3.8, 4) is 0 Å². The van der Waals surface area contributed by atoms with E-state index in [2.05, 4.69) is 28.6 Å². The molecule has 1 aliphatic heterocycles. The Bertz CT molecular complexity index is 899. The molecule has 1 aromatic carbocycles. The number of nitrogens with one attached hydrogen (secondary N) is 1. The van der Waals surface area contributed by atoms with Crippen molar-refractivity contribution >= 4 is 40.4 Å². The van der Waals surface area contributed by atoms with E-state index < -0.39 is 24.0 Å². The lowest BCUT2D eigenvalue weighted by Gasteiger charge is -2.37. The van der Waals surface area contributed by atoms with Gasteiger partial charge in [-0.15, -0.1) is 11.3 Å². The van der Waals surface area contributed by atoms with Gasteiger partial charge in [-0.2, -0.15) is 0 Å². The van der Waals surface area contributed by atoms with E-state index in [1.54, 1.807) is 11.3 Å². The molecule has 0 saturated carbocycles. The van der Waals surface area contributed by atoms with E-state index in [1.807, 2.05) is 38.1 Å². The average molecular weight is 496 g/mol. The summed E-state index contributed by atoms with van der Waals surface area (Å²) in [6.07, 6.45) is -2.00. The lowest BCUT2D eigenvalue weighted by Crippen LogP contribution is -2.55. The second kappa shape index (κ2) is 13.5. The van der Waals surface area contributed by atoms with Gasteiger partial charge in [0.15, 0.2) is 12.2 Å². The SMILES string of the molecule is CC.CCc1csc(CCNC(=O)[C@H](O)[C@@H](O)C(=O)N2CCN(c3ccccc3Cl)CC2)c1. The number of halogens is 1. The quantitative estimate of drug-likeness (QED) is 0.523. The summed E-state index contributed by atoms with van der Waals surface area (Å²) in [6.45, 7) is 8.24. The summed E-state index contributed by atoms with van der Waals surface area (Å²) in [4.78, 5) is 29.4. The minimum atomic E-state index is -1.80. The highest BCUT2D eigenvalue weighted by Crippen LogP contribution is 2.26. The number of aliphatic hydroxyl groups is 2. The summed E-state index contributed by atoms with van der Waals surface area (Å²) in [5.74, 6) is -1.39. The van der Waals surface area contributed by atoms with Gasteiger partial charge in [0.2, 0.25) is 0 Å². The first kappa shape index (κ1) is 27.1. The smallest absolute Gasteiger partial charge is 0.254 e. The second-order valence-corrected chi connectivity index (χ2v) is 8.87. The Hall–Kier alpha value is -2.13. The number of para-hydroxylation sites is 1. The fourth-order valence-electron chi connectivity index (χ4n) is 3.50. The topological polar surface area (TPSA) is 93.1 Å². The number of hydrogen-bond acceptors (Lipinski definition) is 6. The Morgan fingerprint density at radius 3 is 2.39 bits per heavy atom. The lowest BCUT2D eigenvalue weighted by atomic mass is 10.1. The van der Waals surface area contributed by atoms with Crippen LogP contribution in [0.1, 0.15) is 31.2 Å². The number of carbonyl (C=O) groups excluding carboxylic acids is 2. The molecule has 33 heavy (non-hydrogen) atoms. The first-order valence-electron chi connectivity index (χ1n) is 11.4. The van der Waals surface area contributed by atoms with Gasteiger partial charge < -0.3 is 25.3 Å². The zero-order valence-electron chi connectivity index (χ0n) is 19.5. The van der Waals surface area contributed by atoms with Crippen molar-refractivity contribution in [2.45, 2.75) is 45.8 Å². The summed E-state index contributed by atoms with van der Waals surface area (Å²) in [7, 11) is 0. The summed E-state index contributed by atoms with van der Waals surface area (Å²) in [5.41, 5.74) is 2.15. The fraction of sp³-hybridized carbons (Fsp3) is 0.500. The minimum Gasteiger partial charge on any atom is -0.380 e. The van der Waals surface area contributed by atoms with Crippen LogP contribution in [0.3, 0.4) is 0 Å². The zero-order chi connectivity index (χ0) is 24.4. The number of benzene rings is 1. The molecule has 2 aromatic rings. The number of rotatable bonds is 8. The van der Waals surface area contributed by atoms with Gasteiger partial charge >= 0.3 is 0 Å². The molecule has 182 valence electrons. The molecule has 2 amide bonds. The van der Waals surface area contributed by atoms with Crippen LogP contribution in [0, 0.1) is 0 Å². The van der Waals surface area contributed by atoms with Gasteiger partial charge in [-0.05, 0) is 42.0 Å². The normalized spacial score (nSPS) is 15.3. The average Bonchev–Trinajstić information content (AvgIpc) is 3.32. The van der Waals surface area contributed by atoms with E-state index in [9.17, 15) is 19.8 Å². The van der Waals surface area contributed by atoms with Crippen molar-refractivity contribution in [1.29, 1.82) is 0 Å². The van der Waals surface area contributed by atoms with Gasteiger partial charge in [0.25, 0.3) is 11.8 Å². The largest absolute Gasteiger partial charge is 0.380 e. The number of hydrogen-bond donors (Lipinski definition) is 3. The van der Waals surface area contributed by atoms with Crippen molar-refractivity contribution in [3.05, 3.63) is 51.2 Å². The van der Waals surface area contributed by atoms with Crippen LogP contribution in [0.2, 0.25) is 5.02 Å². The van der Waals surface area contributed by atoms with Gasteiger partial charge in [0, 0.05) is 37.6 Å². The molecule has 0 aliphatic carbocycles. The number of nitrogens with zero attached hydrogens (tertiary/aromatic N) is 2. The molecular weight excluding hydrogens is 462 g/mol. The predicted octanol–water partition coefficient (Wildman–Crippen LogP) is 2.72. The summed E-state index contributed by atoms with van der Waals surface area (Å²) in [5, 5.41) is 25.7. The molecule has 0 unspecified atom stereocenters. The highest BCUT2D eigenvalue weighted by atomic mass is 35.5. The molecule has 2 atom stereocenters. The van der Waals surface area contributed by atoms with Crippen LogP contribution < -0.4 is 10.2 Å². The van der Waals surface area contributed by atoms with E-state index in [4.69, 9.17) is 11.6 Å². The van der Waals surface area contributed by atoms with E-state index in [1.165, 1.54) is 10.5 Å². The summed E-state index contributed by atoms with van der Waals surface area (Å²) >= 11 is 7.86. The highest BCUT2D eigenvalue weighted by Gasteiger charge is 2.34. The number of amides is 2. The second-order valence-electron chi connectivity index (χ2n) is 7.47. The lowest BCUT2D eigenvalue weighted by molar-refractivity contribution is -0.153. The maximum Gasteiger partial charge on any atom is 0.254 e. The molecule has 7 nitrogen and oxygen atoms in total. The van der Waals surface area contributed by atoms with E-state index >= 15 is 0 Å². The van der Waals surface area contributed by atoms with E-state index in [0.29, 0.717) is 44.2 Å². The van der Waals surface area contributed by atoms with Gasteiger partial charge in [-0.1, -0.05) is 44.5 Å². The highest BCUT2D eigenvalue weighted by molar-refractivity contribution is 7.10. The van der Waals surface area contributed by atoms with Crippen molar-refractivity contribution in [3.63, 3.8) is 0 Å². The number of piperazine rings is 1. The number of carbonyl (C=O) groups is 2. The number of aryl methyl sites for hydroxylation is 1. The Labute approximate surface area is 205 Å². The molecule has 2 heterocycles. The Morgan fingerprint density at radius 2 is 1.79 bits per heavy atom. The van der Waals surface area contributed by atoms with Gasteiger partial charge in [-0.3, -0.25) is 9.59 Å². The number of thiophene rings is 1. The molecule has 1 aliphatic rings. The Balaban J connectivity index is 0.00000187. The van der Waals surface area contributed by atoms with Crippen molar-refractivity contribution in [2.24, 2.45) is 0 Å². The minimum absolute atomic E-state index is 0.330. The molecule has 3 N–H and O–H groups in total. The Morgan fingerprint density at radius 1 is 1.12 bits per heavy atom. The maximum atomic E-state index is 12.6. The molecule has 1 saturated heterocycles. The fourth-order valence-corrected chi connectivity index (χ4v) is 4.73. The standard InChI is InChI=1S/C22H28ClN3O4S.C2H6/c1-2-15-13-16(31-14-15)7-8-24-21(29)19(27)20(28)22(30)26-11-9-25(10-12-26)18-6-4-3-5-17(18)23;1-2/h3-6,13-14,19-20,27-28H,2,7-12H2,1H3,(H,24,29);1-2H3/t19-,20-;/m1./s1. The number of anilines is 1. The van der Waals surface area contributed by atoms with Crippen molar-refractivity contribution in [2.75, 3.05) is 37.6 Å². The van der Waals surface area contributed by atoms with Crippen LogP contribution in [-0.4, -0.2) is 71.9 Å². The maximum absolute atomic E-state index is 12.6. The number of aliphatic hydroxyl groups excluding tert-OH is 2. The van der Waals surface area contributed by atoms with Gasteiger partial charge in [0.1, 0.15) is 0 Å². The van der Waals surface area contributed by atoms with Crippen LogP contribution in [0.15, 0.2) is 35.7 Å². The third kappa shape index (κ3) is 7.43. The molecule has 0 spiro atoms. The predicted molar refractivity (Wildman–Crippen MR) is 134 cm³/mol. The molecule has 9 heteroatoms. The summed E-state index contributed by atoms with van der Waals surface area (Å²) < 4.78 is 0. The first-order valence-corrected chi connectivity index (χ1v) is 12.6. The molecule has 3 rings (SSSR count). The van der Waals surface area contributed by atoms with Crippen LogP contribution >= 0.6 is 22.9 Å². The van der Waals surface area contributed by atoms with Crippen molar-refractivity contribution in [1.82, 2.24) is 10.2 Å². The van der Waals surface area contributed by atoms with Crippen molar-refractivity contribution < 1.29 is 19.8 Å². The third-order valence-electron chi connectivity index (χ3n) is 5.39. The molecule has 1 aromatic heterocycles. The zero-order valence-corrected chi connectivity index (χ0v) is 21.0. The van der Waals surface area contributed by atoms with Gasteiger partial charge in [0.05, 0.1) is 10.7 Å². The Kier molecular flexibility index (Phi) is 11.1. The van der Waals surface area contributed by atoms with Crippen LogP contribution in [-0.2, 0) is 22.4 Å². The van der Waals surface area contributed by atoms with E-state index in [-0.39, 0.29) is 0 Å². The molecule has 0 radical (unpaired) electrons. The van der Waals surface area contributed by atoms with Crippen LogP contribution in [0.25, 0.3) is 0 Å². The van der Waals surface area contributed by atoms with Gasteiger partial charge in [-0.25, -0.2) is 0 Å². The van der Waals surface area contributed by atoms with E-state index in [0.717, 1.165) is 17.0 Å². The molecule has 0 bridgehead atoms.